The smallest absolute Gasteiger partial charge is 0.274 e. The van der Waals surface area contributed by atoms with E-state index in [1.807, 2.05) is 0 Å². The van der Waals surface area contributed by atoms with E-state index < -0.39 is 0 Å². The van der Waals surface area contributed by atoms with Gasteiger partial charge in [-0.15, -0.1) is 10.2 Å². The van der Waals surface area contributed by atoms with Crippen molar-refractivity contribution in [2.75, 3.05) is 14.2 Å². The number of pyridine rings is 1. The van der Waals surface area contributed by atoms with Gasteiger partial charge in [-0.3, -0.25) is 14.2 Å². The third kappa shape index (κ3) is 2.31. The van der Waals surface area contributed by atoms with Crippen LogP contribution in [0.3, 0.4) is 0 Å². The van der Waals surface area contributed by atoms with Gasteiger partial charge in [-0.2, -0.15) is 0 Å². The summed E-state index contributed by atoms with van der Waals surface area (Å²) in [5.74, 6) is 0.125. The molecule has 2 aromatic rings. The monoisotopic (exact) mass is 267 g/mol. The molecule has 94 valence electrons. The van der Waals surface area contributed by atoms with E-state index in [0.717, 1.165) is 5.06 Å². The summed E-state index contributed by atoms with van der Waals surface area (Å²) in [4.78, 5) is 20.7. The van der Waals surface area contributed by atoms with Gasteiger partial charge in [0.1, 0.15) is 12.7 Å². The van der Waals surface area contributed by atoms with Crippen molar-refractivity contribution >= 4 is 17.5 Å². The van der Waals surface area contributed by atoms with Crippen molar-refractivity contribution in [1.82, 2.24) is 24.8 Å². The van der Waals surface area contributed by atoms with E-state index in [-0.39, 0.29) is 5.91 Å². The van der Waals surface area contributed by atoms with Crippen LogP contribution in [-0.4, -0.2) is 44.9 Å². The van der Waals surface area contributed by atoms with Crippen molar-refractivity contribution in [3.8, 4) is 5.82 Å². The molecular formula is C10H10ClN5O2. The first kappa shape index (κ1) is 12.5. The van der Waals surface area contributed by atoms with E-state index in [0.29, 0.717) is 16.4 Å². The highest BCUT2D eigenvalue weighted by Crippen LogP contribution is 2.19. The molecule has 8 heteroatoms. The normalized spacial score (nSPS) is 10.4. The predicted molar refractivity (Wildman–Crippen MR) is 63.3 cm³/mol. The fraction of sp³-hybridized carbons (Fsp3) is 0.200. The number of hydrogen-bond donors (Lipinski definition) is 0. The predicted octanol–water partition coefficient (Wildman–Crippen LogP) is 0.949. The highest BCUT2D eigenvalue weighted by atomic mass is 35.5. The van der Waals surface area contributed by atoms with E-state index in [1.54, 1.807) is 4.57 Å². The number of amides is 1. The average Bonchev–Trinajstić information content (AvgIpc) is 2.90. The Morgan fingerprint density at radius 1 is 1.44 bits per heavy atom. The summed E-state index contributed by atoms with van der Waals surface area (Å²) >= 11 is 6.06. The standard InChI is InChI=1S/C10H10ClN5O2/c1-15(18-2)10(17)7-3-8(11)9(12-4-7)16-5-13-14-6-16/h3-6H,1-2H3. The topological polar surface area (TPSA) is 73.1 Å². The number of halogens is 1. The largest absolute Gasteiger partial charge is 0.278 e. The molecule has 7 nitrogen and oxygen atoms in total. The molecule has 2 rings (SSSR count). The Balaban J connectivity index is 2.34. The lowest BCUT2D eigenvalue weighted by Crippen LogP contribution is -2.25. The van der Waals surface area contributed by atoms with E-state index in [9.17, 15) is 4.79 Å². The van der Waals surface area contributed by atoms with Crippen LogP contribution in [0.15, 0.2) is 24.9 Å². The second-order valence-electron chi connectivity index (χ2n) is 3.38. The van der Waals surface area contributed by atoms with E-state index >= 15 is 0 Å². The van der Waals surface area contributed by atoms with Gasteiger partial charge in [0.05, 0.1) is 17.7 Å². The van der Waals surface area contributed by atoms with Gasteiger partial charge in [-0.05, 0) is 6.07 Å². The number of aromatic nitrogens is 4. The third-order valence-electron chi connectivity index (χ3n) is 2.29. The van der Waals surface area contributed by atoms with Crippen molar-refractivity contribution in [3.05, 3.63) is 35.5 Å². The SMILES string of the molecule is CON(C)C(=O)c1cnc(-n2cnnc2)c(Cl)c1. The molecule has 2 heterocycles. The summed E-state index contributed by atoms with van der Waals surface area (Å²) in [7, 11) is 2.91. The number of carbonyl (C=O) groups is 1. The maximum absolute atomic E-state index is 11.8. The van der Waals surface area contributed by atoms with E-state index in [4.69, 9.17) is 16.4 Å². The molecule has 1 amide bonds. The zero-order chi connectivity index (χ0) is 13.1. The molecule has 0 spiro atoms. The summed E-state index contributed by atoms with van der Waals surface area (Å²) in [6.45, 7) is 0. The van der Waals surface area contributed by atoms with Crippen molar-refractivity contribution in [1.29, 1.82) is 0 Å². The molecule has 0 radical (unpaired) electrons. The van der Waals surface area contributed by atoms with Gasteiger partial charge < -0.3 is 0 Å². The van der Waals surface area contributed by atoms with Gasteiger partial charge >= 0.3 is 0 Å². The van der Waals surface area contributed by atoms with Crippen LogP contribution in [0.5, 0.6) is 0 Å². The molecule has 0 aliphatic rings. The maximum atomic E-state index is 11.8. The molecule has 0 saturated carbocycles. The Kier molecular flexibility index (Phi) is 3.54. The minimum atomic E-state index is -0.331. The van der Waals surface area contributed by atoms with Crippen LogP contribution in [-0.2, 0) is 4.84 Å². The summed E-state index contributed by atoms with van der Waals surface area (Å²) < 4.78 is 1.55. The number of nitrogens with zero attached hydrogens (tertiary/aromatic N) is 5. The molecule has 0 atom stereocenters. The molecule has 0 N–H and O–H groups in total. The summed E-state index contributed by atoms with van der Waals surface area (Å²) in [5, 5.41) is 8.73. The molecule has 0 saturated heterocycles. The van der Waals surface area contributed by atoms with Gasteiger partial charge in [0, 0.05) is 13.2 Å². The molecule has 18 heavy (non-hydrogen) atoms. The average molecular weight is 268 g/mol. The molecule has 0 unspecified atom stereocenters. The van der Waals surface area contributed by atoms with Crippen LogP contribution in [0.2, 0.25) is 5.02 Å². The fourth-order valence-electron chi connectivity index (χ4n) is 1.31. The third-order valence-corrected chi connectivity index (χ3v) is 2.57. The lowest BCUT2D eigenvalue weighted by atomic mass is 10.2. The Morgan fingerprint density at radius 3 is 2.67 bits per heavy atom. The molecule has 0 fully saturated rings. The van der Waals surface area contributed by atoms with Crippen LogP contribution in [0, 0.1) is 0 Å². The molecule has 0 bridgehead atoms. The molecular weight excluding hydrogens is 258 g/mol. The van der Waals surface area contributed by atoms with E-state index in [2.05, 4.69) is 15.2 Å². The molecule has 2 aromatic heterocycles. The summed E-state index contributed by atoms with van der Waals surface area (Å²) in [6, 6.07) is 1.52. The minimum Gasteiger partial charge on any atom is -0.274 e. The van der Waals surface area contributed by atoms with Gasteiger partial charge in [0.15, 0.2) is 5.82 Å². The van der Waals surface area contributed by atoms with Crippen LogP contribution in [0.1, 0.15) is 10.4 Å². The summed E-state index contributed by atoms with van der Waals surface area (Å²) in [6.07, 6.45) is 4.35. The highest BCUT2D eigenvalue weighted by molar-refractivity contribution is 6.32. The highest BCUT2D eigenvalue weighted by Gasteiger charge is 2.14. The van der Waals surface area contributed by atoms with Gasteiger partial charge in [0.2, 0.25) is 0 Å². The first-order valence-corrected chi connectivity index (χ1v) is 5.34. The van der Waals surface area contributed by atoms with Crippen LogP contribution >= 0.6 is 11.6 Å². The van der Waals surface area contributed by atoms with Gasteiger partial charge in [-0.1, -0.05) is 11.6 Å². The van der Waals surface area contributed by atoms with Crippen LogP contribution in [0.4, 0.5) is 0 Å². The number of hydrogen-bond acceptors (Lipinski definition) is 5. The Morgan fingerprint density at radius 2 is 2.11 bits per heavy atom. The van der Waals surface area contributed by atoms with Crippen molar-refractivity contribution in [3.63, 3.8) is 0 Å². The first-order valence-electron chi connectivity index (χ1n) is 4.96. The Hall–Kier alpha value is -1.99. The minimum absolute atomic E-state index is 0.324. The Bertz CT molecular complexity index is 557. The molecule has 0 aliphatic carbocycles. The van der Waals surface area contributed by atoms with Crippen molar-refractivity contribution in [2.24, 2.45) is 0 Å². The van der Waals surface area contributed by atoms with Gasteiger partial charge in [-0.25, -0.2) is 10.0 Å². The van der Waals surface area contributed by atoms with E-state index in [1.165, 1.54) is 39.1 Å². The van der Waals surface area contributed by atoms with Crippen LogP contribution < -0.4 is 0 Å². The summed E-state index contributed by atoms with van der Waals surface area (Å²) in [5.41, 5.74) is 0.334. The first-order chi connectivity index (χ1) is 8.63. The number of rotatable bonds is 3. The second kappa shape index (κ2) is 5.11. The lowest BCUT2D eigenvalue weighted by molar-refractivity contribution is -0.0757. The zero-order valence-corrected chi connectivity index (χ0v) is 10.5. The number of carbonyl (C=O) groups excluding carboxylic acids is 1. The lowest BCUT2D eigenvalue weighted by Gasteiger charge is -2.13. The van der Waals surface area contributed by atoms with Crippen molar-refractivity contribution < 1.29 is 9.63 Å². The van der Waals surface area contributed by atoms with Crippen LogP contribution in [0.25, 0.3) is 5.82 Å². The maximum Gasteiger partial charge on any atom is 0.278 e. The second-order valence-corrected chi connectivity index (χ2v) is 3.79. The number of hydroxylamine groups is 2. The van der Waals surface area contributed by atoms with Crippen molar-refractivity contribution in [2.45, 2.75) is 0 Å². The zero-order valence-electron chi connectivity index (χ0n) is 9.74. The molecule has 0 aromatic carbocycles. The quantitative estimate of drug-likeness (QED) is 0.774. The van der Waals surface area contributed by atoms with Gasteiger partial charge in [0.25, 0.3) is 5.91 Å². The molecule has 0 aliphatic heterocycles. The fourth-order valence-corrected chi connectivity index (χ4v) is 1.58. The Labute approximate surface area is 108 Å².